The molecule has 0 atom stereocenters. The molecule has 25 heavy (non-hydrogen) atoms. The molecule has 0 saturated heterocycles. The molecule has 0 radical (unpaired) electrons. The fourth-order valence-corrected chi connectivity index (χ4v) is 3.31. The summed E-state index contributed by atoms with van der Waals surface area (Å²) in [5, 5.41) is 6.00. The molecule has 1 fully saturated rings. The van der Waals surface area contributed by atoms with Crippen LogP contribution in [-0.2, 0) is 20.7 Å². The highest BCUT2D eigenvalue weighted by Gasteiger charge is 2.29. The SMILES string of the molecule is COCCCNC(=O)C1CCC(C(=O)NCCc2ccccc2)CC1. The van der Waals surface area contributed by atoms with Crippen LogP contribution in [0.5, 0.6) is 0 Å². The molecule has 5 nitrogen and oxygen atoms in total. The minimum atomic E-state index is 0.0494. The molecule has 1 aliphatic rings. The fraction of sp³-hybridized carbons (Fsp3) is 0.600. The van der Waals surface area contributed by atoms with Crippen LogP contribution in [0.15, 0.2) is 30.3 Å². The van der Waals surface area contributed by atoms with E-state index in [1.807, 2.05) is 18.2 Å². The van der Waals surface area contributed by atoms with Crippen LogP contribution in [0.3, 0.4) is 0 Å². The van der Waals surface area contributed by atoms with Crippen molar-refractivity contribution < 1.29 is 14.3 Å². The van der Waals surface area contributed by atoms with Crippen LogP contribution in [0, 0.1) is 11.8 Å². The normalized spacial score (nSPS) is 20.0. The molecule has 1 aliphatic carbocycles. The summed E-state index contributed by atoms with van der Waals surface area (Å²) < 4.78 is 4.97. The molecule has 1 aromatic carbocycles. The molecule has 0 aromatic heterocycles. The summed E-state index contributed by atoms with van der Waals surface area (Å²) in [6.45, 7) is 1.99. The molecule has 2 rings (SSSR count). The summed E-state index contributed by atoms with van der Waals surface area (Å²) in [5.74, 6) is 0.359. The van der Waals surface area contributed by atoms with Crippen molar-refractivity contribution in [2.45, 2.75) is 38.5 Å². The van der Waals surface area contributed by atoms with Gasteiger partial charge in [0.15, 0.2) is 0 Å². The number of carbonyl (C=O) groups is 2. The number of nitrogens with one attached hydrogen (secondary N) is 2. The molecule has 0 heterocycles. The highest BCUT2D eigenvalue weighted by atomic mass is 16.5. The standard InChI is InChI=1S/C20H30N2O3/c1-25-15-5-13-21-19(23)17-8-10-18(11-9-17)20(24)22-14-12-16-6-3-2-4-7-16/h2-4,6-7,17-18H,5,8-15H2,1H3,(H,21,23)(H,22,24). The van der Waals surface area contributed by atoms with Crippen molar-refractivity contribution in [2.24, 2.45) is 11.8 Å². The average molecular weight is 346 g/mol. The smallest absolute Gasteiger partial charge is 0.223 e. The van der Waals surface area contributed by atoms with Gasteiger partial charge in [0, 0.05) is 38.6 Å². The first-order valence-corrected chi connectivity index (χ1v) is 9.29. The number of carbonyl (C=O) groups excluding carboxylic acids is 2. The van der Waals surface area contributed by atoms with Crippen molar-refractivity contribution in [3.63, 3.8) is 0 Å². The van der Waals surface area contributed by atoms with Crippen LogP contribution in [-0.4, -0.2) is 38.6 Å². The first-order chi connectivity index (χ1) is 12.2. The topological polar surface area (TPSA) is 67.4 Å². The highest BCUT2D eigenvalue weighted by molar-refractivity contribution is 5.81. The summed E-state index contributed by atoms with van der Waals surface area (Å²) >= 11 is 0. The summed E-state index contributed by atoms with van der Waals surface area (Å²) in [6.07, 6.45) is 4.88. The quantitative estimate of drug-likeness (QED) is 0.674. The van der Waals surface area contributed by atoms with E-state index in [-0.39, 0.29) is 23.7 Å². The van der Waals surface area contributed by atoms with Crippen LogP contribution < -0.4 is 10.6 Å². The van der Waals surface area contributed by atoms with E-state index < -0.39 is 0 Å². The van der Waals surface area contributed by atoms with Gasteiger partial charge in [0.05, 0.1) is 0 Å². The van der Waals surface area contributed by atoms with E-state index in [0.717, 1.165) is 38.5 Å². The second-order valence-electron chi connectivity index (χ2n) is 6.71. The molecule has 0 unspecified atom stereocenters. The van der Waals surface area contributed by atoms with Gasteiger partial charge >= 0.3 is 0 Å². The van der Waals surface area contributed by atoms with E-state index in [9.17, 15) is 9.59 Å². The Kier molecular flexibility index (Phi) is 8.46. The Morgan fingerprint density at radius 3 is 2.08 bits per heavy atom. The lowest BCUT2D eigenvalue weighted by Crippen LogP contribution is -2.38. The molecule has 2 N–H and O–H groups in total. The Morgan fingerprint density at radius 1 is 0.960 bits per heavy atom. The van der Waals surface area contributed by atoms with Crippen molar-refractivity contribution in [1.29, 1.82) is 0 Å². The monoisotopic (exact) mass is 346 g/mol. The second-order valence-corrected chi connectivity index (χ2v) is 6.71. The second kappa shape index (κ2) is 10.9. The first kappa shape index (κ1) is 19.4. The number of hydrogen-bond donors (Lipinski definition) is 2. The van der Waals surface area contributed by atoms with Gasteiger partial charge in [0.1, 0.15) is 0 Å². The van der Waals surface area contributed by atoms with Crippen LogP contribution >= 0.6 is 0 Å². The predicted octanol–water partition coefficient (Wildman–Crippen LogP) is 2.30. The molecule has 0 spiro atoms. The Labute approximate surface area is 150 Å². The Morgan fingerprint density at radius 2 is 1.52 bits per heavy atom. The summed E-state index contributed by atoms with van der Waals surface area (Å²) in [5.41, 5.74) is 1.23. The third kappa shape index (κ3) is 6.86. The highest BCUT2D eigenvalue weighted by Crippen LogP contribution is 2.29. The van der Waals surface area contributed by atoms with Crippen LogP contribution in [0.25, 0.3) is 0 Å². The van der Waals surface area contributed by atoms with Gasteiger partial charge in [-0.25, -0.2) is 0 Å². The largest absolute Gasteiger partial charge is 0.385 e. The maximum atomic E-state index is 12.3. The minimum absolute atomic E-state index is 0.0494. The zero-order chi connectivity index (χ0) is 17.9. The lowest BCUT2D eigenvalue weighted by Gasteiger charge is -2.27. The van der Waals surface area contributed by atoms with Gasteiger partial charge in [0.25, 0.3) is 0 Å². The molecule has 0 bridgehead atoms. The van der Waals surface area contributed by atoms with Crippen LogP contribution in [0.4, 0.5) is 0 Å². The molecule has 1 saturated carbocycles. The summed E-state index contributed by atoms with van der Waals surface area (Å²) in [7, 11) is 1.66. The maximum absolute atomic E-state index is 12.3. The third-order valence-corrected chi connectivity index (χ3v) is 4.85. The van der Waals surface area contributed by atoms with Gasteiger partial charge in [0.2, 0.25) is 11.8 Å². The number of rotatable bonds is 9. The molecule has 138 valence electrons. The predicted molar refractivity (Wildman–Crippen MR) is 98.1 cm³/mol. The van der Waals surface area contributed by atoms with Gasteiger partial charge in [-0.3, -0.25) is 9.59 Å². The summed E-state index contributed by atoms with van der Waals surface area (Å²) in [6, 6.07) is 10.2. The number of amides is 2. The number of benzene rings is 1. The van der Waals surface area contributed by atoms with Crippen LogP contribution in [0.2, 0.25) is 0 Å². The van der Waals surface area contributed by atoms with Crippen LogP contribution in [0.1, 0.15) is 37.7 Å². The van der Waals surface area contributed by atoms with Gasteiger partial charge < -0.3 is 15.4 Å². The van der Waals surface area contributed by atoms with E-state index in [4.69, 9.17) is 4.74 Å². The van der Waals surface area contributed by atoms with E-state index in [2.05, 4.69) is 22.8 Å². The number of hydrogen-bond acceptors (Lipinski definition) is 3. The lowest BCUT2D eigenvalue weighted by molar-refractivity contribution is -0.130. The van der Waals surface area contributed by atoms with Gasteiger partial charge in [-0.2, -0.15) is 0 Å². The van der Waals surface area contributed by atoms with Crippen molar-refractivity contribution in [2.75, 3.05) is 26.8 Å². The van der Waals surface area contributed by atoms with E-state index in [0.29, 0.717) is 19.7 Å². The molecule has 5 heteroatoms. The minimum Gasteiger partial charge on any atom is -0.385 e. The average Bonchev–Trinajstić information content (AvgIpc) is 2.66. The summed E-state index contributed by atoms with van der Waals surface area (Å²) in [4.78, 5) is 24.4. The number of ether oxygens (including phenoxy) is 1. The maximum Gasteiger partial charge on any atom is 0.223 e. The van der Waals surface area contributed by atoms with Crippen molar-refractivity contribution in [3.05, 3.63) is 35.9 Å². The van der Waals surface area contributed by atoms with Crippen molar-refractivity contribution in [1.82, 2.24) is 10.6 Å². The van der Waals surface area contributed by atoms with Gasteiger partial charge in [-0.15, -0.1) is 0 Å². The Bertz CT molecular complexity index is 525. The van der Waals surface area contributed by atoms with E-state index in [1.165, 1.54) is 5.56 Å². The van der Waals surface area contributed by atoms with Crippen molar-refractivity contribution in [3.8, 4) is 0 Å². The fourth-order valence-electron chi connectivity index (χ4n) is 3.31. The zero-order valence-corrected chi connectivity index (χ0v) is 15.1. The Balaban J connectivity index is 1.62. The lowest BCUT2D eigenvalue weighted by atomic mass is 9.81. The van der Waals surface area contributed by atoms with Gasteiger partial charge in [-0.05, 0) is 44.1 Å². The van der Waals surface area contributed by atoms with E-state index in [1.54, 1.807) is 7.11 Å². The zero-order valence-electron chi connectivity index (χ0n) is 15.1. The number of methoxy groups -OCH3 is 1. The molecular weight excluding hydrogens is 316 g/mol. The first-order valence-electron chi connectivity index (χ1n) is 9.29. The molecule has 1 aromatic rings. The van der Waals surface area contributed by atoms with E-state index >= 15 is 0 Å². The molecule has 2 amide bonds. The third-order valence-electron chi connectivity index (χ3n) is 4.85. The molecular formula is C20H30N2O3. The Hall–Kier alpha value is -1.88. The van der Waals surface area contributed by atoms with Gasteiger partial charge in [-0.1, -0.05) is 30.3 Å². The molecule has 0 aliphatic heterocycles. The van der Waals surface area contributed by atoms with Crippen molar-refractivity contribution >= 4 is 11.8 Å².